The summed E-state index contributed by atoms with van der Waals surface area (Å²) in [7, 11) is 0. The molecule has 2 aliphatic rings. The Morgan fingerprint density at radius 1 is 1.06 bits per heavy atom. The number of nitrogens with zero attached hydrogens (tertiary/aromatic N) is 1. The first-order valence-corrected chi connectivity index (χ1v) is 7.81. The summed E-state index contributed by atoms with van der Waals surface area (Å²) >= 11 is 0. The maximum atomic E-state index is 3.78. The van der Waals surface area contributed by atoms with E-state index in [1.165, 1.54) is 38.6 Å². The fourth-order valence-corrected chi connectivity index (χ4v) is 3.60. The summed E-state index contributed by atoms with van der Waals surface area (Å²) in [4.78, 5) is 2.82. The van der Waals surface area contributed by atoms with Gasteiger partial charge in [-0.15, -0.1) is 0 Å². The monoisotopic (exact) mass is 252 g/mol. The molecule has 0 spiro atoms. The average Bonchev–Trinajstić information content (AvgIpc) is 2.28. The molecule has 1 heterocycles. The standard InChI is InChI=1S/C16H32N2/c1-15(2,3)14-11-18(16(4,5)12-17-14)13-9-7-6-8-10-13/h13-14,17H,6-12H2,1-5H3. The van der Waals surface area contributed by atoms with Crippen molar-refractivity contribution in [2.24, 2.45) is 5.41 Å². The Bertz CT molecular complexity index is 271. The van der Waals surface area contributed by atoms with Crippen LogP contribution in [0.4, 0.5) is 0 Å². The molecular weight excluding hydrogens is 220 g/mol. The third kappa shape index (κ3) is 3.08. The van der Waals surface area contributed by atoms with Crippen LogP contribution in [0.5, 0.6) is 0 Å². The molecule has 1 aliphatic heterocycles. The van der Waals surface area contributed by atoms with Crippen LogP contribution < -0.4 is 5.32 Å². The summed E-state index contributed by atoms with van der Waals surface area (Å²) in [6.45, 7) is 14.3. The second kappa shape index (κ2) is 5.13. The van der Waals surface area contributed by atoms with Crippen LogP contribution in [0.3, 0.4) is 0 Å². The second-order valence-electron chi connectivity index (χ2n) is 8.06. The zero-order chi connectivity index (χ0) is 13.4. The lowest BCUT2D eigenvalue weighted by atomic mass is 9.81. The average molecular weight is 252 g/mol. The summed E-state index contributed by atoms with van der Waals surface area (Å²) < 4.78 is 0. The third-order valence-electron chi connectivity index (χ3n) is 5.00. The van der Waals surface area contributed by atoms with E-state index >= 15 is 0 Å². The molecule has 1 atom stereocenters. The Morgan fingerprint density at radius 3 is 2.22 bits per heavy atom. The predicted molar refractivity (Wildman–Crippen MR) is 78.9 cm³/mol. The number of hydrogen-bond acceptors (Lipinski definition) is 2. The van der Waals surface area contributed by atoms with Crippen molar-refractivity contribution in [3.05, 3.63) is 0 Å². The zero-order valence-corrected chi connectivity index (χ0v) is 13.1. The summed E-state index contributed by atoms with van der Waals surface area (Å²) in [5, 5.41) is 3.78. The van der Waals surface area contributed by atoms with E-state index in [0.717, 1.165) is 12.6 Å². The molecule has 1 N–H and O–H groups in total. The Hall–Kier alpha value is -0.0800. The van der Waals surface area contributed by atoms with Crippen molar-refractivity contribution in [2.45, 2.75) is 84.3 Å². The van der Waals surface area contributed by atoms with Gasteiger partial charge in [0.1, 0.15) is 0 Å². The number of hydrogen-bond donors (Lipinski definition) is 1. The van der Waals surface area contributed by atoms with E-state index in [9.17, 15) is 0 Å². The highest BCUT2D eigenvalue weighted by atomic mass is 15.3. The maximum Gasteiger partial charge on any atom is 0.0281 e. The van der Waals surface area contributed by atoms with Gasteiger partial charge in [0, 0.05) is 30.7 Å². The van der Waals surface area contributed by atoms with Crippen molar-refractivity contribution < 1.29 is 0 Å². The molecule has 0 aromatic rings. The summed E-state index contributed by atoms with van der Waals surface area (Å²) in [6, 6.07) is 1.47. The van der Waals surface area contributed by atoms with Crippen LogP contribution >= 0.6 is 0 Å². The molecule has 2 fully saturated rings. The Morgan fingerprint density at radius 2 is 1.67 bits per heavy atom. The van der Waals surface area contributed by atoms with Crippen LogP contribution in [0.1, 0.15) is 66.7 Å². The van der Waals surface area contributed by atoms with Crippen LogP contribution in [0.25, 0.3) is 0 Å². The van der Waals surface area contributed by atoms with Crippen molar-refractivity contribution in [2.75, 3.05) is 13.1 Å². The fraction of sp³-hybridized carbons (Fsp3) is 1.00. The molecule has 2 rings (SSSR count). The summed E-state index contributed by atoms with van der Waals surface area (Å²) in [5.74, 6) is 0. The molecule has 1 aliphatic carbocycles. The molecule has 0 aromatic heterocycles. The molecular formula is C16H32N2. The van der Waals surface area contributed by atoms with E-state index in [4.69, 9.17) is 0 Å². The molecule has 0 amide bonds. The van der Waals surface area contributed by atoms with Gasteiger partial charge in [0.05, 0.1) is 0 Å². The van der Waals surface area contributed by atoms with Crippen LogP contribution in [0.2, 0.25) is 0 Å². The summed E-state index contributed by atoms with van der Waals surface area (Å²) in [5.41, 5.74) is 0.688. The molecule has 0 aromatic carbocycles. The van der Waals surface area contributed by atoms with Crippen molar-refractivity contribution >= 4 is 0 Å². The maximum absolute atomic E-state index is 3.78. The first kappa shape index (κ1) is 14.3. The highest BCUT2D eigenvalue weighted by molar-refractivity contribution is 4.99. The molecule has 0 radical (unpaired) electrons. The number of nitrogens with one attached hydrogen (secondary N) is 1. The van der Waals surface area contributed by atoms with Crippen molar-refractivity contribution in [1.82, 2.24) is 10.2 Å². The third-order valence-corrected chi connectivity index (χ3v) is 5.00. The van der Waals surface area contributed by atoms with E-state index in [2.05, 4.69) is 44.8 Å². The summed E-state index contributed by atoms with van der Waals surface area (Å²) in [6.07, 6.45) is 7.15. The van der Waals surface area contributed by atoms with E-state index in [1.54, 1.807) is 0 Å². The first-order chi connectivity index (χ1) is 8.31. The zero-order valence-electron chi connectivity index (χ0n) is 13.1. The van der Waals surface area contributed by atoms with Gasteiger partial charge in [-0.1, -0.05) is 40.0 Å². The van der Waals surface area contributed by atoms with E-state index in [-0.39, 0.29) is 0 Å². The van der Waals surface area contributed by atoms with Gasteiger partial charge in [-0.2, -0.15) is 0 Å². The predicted octanol–water partition coefficient (Wildman–Crippen LogP) is 3.42. The largest absolute Gasteiger partial charge is 0.310 e. The Balaban J connectivity index is 2.08. The van der Waals surface area contributed by atoms with Crippen LogP contribution in [0, 0.1) is 5.41 Å². The van der Waals surface area contributed by atoms with Gasteiger partial charge in [-0.25, -0.2) is 0 Å². The lowest BCUT2D eigenvalue weighted by molar-refractivity contribution is -0.00956. The minimum atomic E-state index is 0.323. The minimum absolute atomic E-state index is 0.323. The van der Waals surface area contributed by atoms with Gasteiger partial charge in [0.2, 0.25) is 0 Å². The van der Waals surface area contributed by atoms with E-state index in [1.807, 2.05) is 0 Å². The van der Waals surface area contributed by atoms with Crippen molar-refractivity contribution in [3.63, 3.8) is 0 Å². The lowest BCUT2D eigenvalue weighted by Crippen LogP contribution is -2.67. The lowest BCUT2D eigenvalue weighted by Gasteiger charge is -2.53. The fourth-order valence-electron chi connectivity index (χ4n) is 3.60. The molecule has 1 saturated carbocycles. The smallest absolute Gasteiger partial charge is 0.0281 e. The number of rotatable bonds is 1. The molecule has 2 heteroatoms. The van der Waals surface area contributed by atoms with E-state index < -0.39 is 0 Å². The quantitative estimate of drug-likeness (QED) is 0.769. The molecule has 18 heavy (non-hydrogen) atoms. The molecule has 1 unspecified atom stereocenters. The van der Waals surface area contributed by atoms with Crippen LogP contribution in [-0.2, 0) is 0 Å². The molecule has 106 valence electrons. The second-order valence-corrected chi connectivity index (χ2v) is 8.06. The van der Waals surface area contributed by atoms with Crippen molar-refractivity contribution in [3.8, 4) is 0 Å². The van der Waals surface area contributed by atoms with Crippen molar-refractivity contribution in [1.29, 1.82) is 0 Å². The Labute approximate surface area is 114 Å². The van der Waals surface area contributed by atoms with Crippen LogP contribution in [0.15, 0.2) is 0 Å². The van der Waals surface area contributed by atoms with Gasteiger partial charge >= 0.3 is 0 Å². The van der Waals surface area contributed by atoms with Gasteiger partial charge in [0.15, 0.2) is 0 Å². The Kier molecular flexibility index (Phi) is 4.08. The van der Waals surface area contributed by atoms with Gasteiger partial charge in [-0.3, -0.25) is 4.90 Å². The highest BCUT2D eigenvalue weighted by Gasteiger charge is 2.41. The normalized spacial score (nSPS) is 31.5. The van der Waals surface area contributed by atoms with Crippen LogP contribution in [-0.4, -0.2) is 35.6 Å². The highest BCUT2D eigenvalue weighted by Crippen LogP contribution is 2.33. The van der Waals surface area contributed by atoms with Gasteiger partial charge in [0.25, 0.3) is 0 Å². The molecule has 1 saturated heterocycles. The number of piperazine rings is 1. The first-order valence-electron chi connectivity index (χ1n) is 7.81. The van der Waals surface area contributed by atoms with Gasteiger partial charge < -0.3 is 5.32 Å². The SMILES string of the molecule is CC(C)(C)C1CN(C2CCCCC2)C(C)(C)CN1. The molecule has 0 bridgehead atoms. The van der Waals surface area contributed by atoms with E-state index in [0.29, 0.717) is 17.0 Å². The van der Waals surface area contributed by atoms with Gasteiger partial charge in [-0.05, 0) is 32.1 Å². The molecule has 2 nitrogen and oxygen atoms in total. The minimum Gasteiger partial charge on any atom is -0.310 e. The topological polar surface area (TPSA) is 15.3 Å².